The molecule has 0 fully saturated rings. The Kier molecular flexibility index (Phi) is 8.25. The minimum absolute atomic E-state index is 0.0782. The second kappa shape index (κ2) is 11.1. The molecule has 7 nitrogen and oxygen atoms in total. The number of ether oxygens (including phenoxy) is 2. The maximum atomic E-state index is 14.3. The Labute approximate surface area is 199 Å². The van der Waals surface area contributed by atoms with Gasteiger partial charge in [0.1, 0.15) is 12.4 Å². The molecule has 0 bridgehead atoms. The van der Waals surface area contributed by atoms with Crippen LogP contribution in [0.2, 0.25) is 0 Å². The fraction of sp³-hybridized carbons (Fsp3) is 0.240. The molecule has 0 aliphatic heterocycles. The number of hydrogen-bond acceptors (Lipinski definition) is 5. The number of benzene rings is 3. The lowest BCUT2D eigenvalue weighted by Crippen LogP contribution is -2.31. The second-order valence-electron chi connectivity index (χ2n) is 7.86. The Morgan fingerprint density at radius 3 is 2.38 bits per heavy atom. The van der Waals surface area contributed by atoms with Crippen LogP contribution < -0.4 is 19.5 Å². The lowest BCUT2D eigenvalue weighted by molar-refractivity contribution is 0.0946. The Morgan fingerprint density at radius 1 is 0.971 bits per heavy atom. The second-order valence-corrected chi connectivity index (χ2v) is 9.57. The van der Waals surface area contributed by atoms with Gasteiger partial charge < -0.3 is 14.8 Å². The van der Waals surface area contributed by atoms with Gasteiger partial charge in [-0.15, -0.1) is 0 Å². The van der Waals surface area contributed by atoms with Crippen LogP contribution in [0.4, 0.5) is 4.39 Å². The highest BCUT2D eigenvalue weighted by Gasteiger charge is 2.20. The molecule has 0 atom stereocenters. The van der Waals surface area contributed by atoms with Gasteiger partial charge in [0.25, 0.3) is 5.91 Å². The third-order valence-electron chi connectivity index (χ3n) is 4.80. The maximum absolute atomic E-state index is 14.3. The molecule has 9 heteroatoms. The lowest BCUT2D eigenvalue weighted by Gasteiger charge is -2.13. The number of rotatable bonds is 10. The van der Waals surface area contributed by atoms with Crippen molar-refractivity contribution in [1.29, 1.82) is 0 Å². The molecule has 0 aliphatic carbocycles. The number of carbonyl (C=O) groups is 1. The van der Waals surface area contributed by atoms with Crippen molar-refractivity contribution in [2.45, 2.75) is 37.9 Å². The number of sulfonamides is 1. The van der Waals surface area contributed by atoms with E-state index in [1.54, 1.807) is 32.0 Å². The molecule has 0 saturated carbocycles. The third-order valence-corrected chi connectivity index (χ3v) is 6.46. The van der Waals surface area contributed by atoms with Crippen LogP contribution in [-0.4, -0.2) is 27.5 Å². The number of halogens is 1. The van der Waals surface area contributed by atoms with E-state index in [9.17, 15) is 17.6 Å². The van der Waals surface area contributed by atoms with E-state index >= 15 is 0 Å². The lowest BCUT2D eigenvalue weighted by atomic mass is 10.1. The highest BCUT2D eigenvalue weighted by atomic mass is 32.2. The first-order valence-electron chi connectivity index (χ1n) is 10.6. The van der Waals surface area contributed by atoms with E-state index in [1.807, 2.05) is 30.3 Å². The van der Waals surface area contributed by atoms with Gasteiger partial charge in [-0.05, 0) is 55.3 Å². The minimum atomic E-state index is -3.87. The number of nitrogens with one attached hydrogen (secondary N) is 2. The van der Waals surface area contributed by atoms with E-state index < -0.39 is 21.7 Å². The van der Waals surface area contributed by atoms with Crippen molar-refractivity contribution >= 4 is 15.9 Å². The molecule has 0 aliphatic rings. The average Bonchev–Trinajstić information content (AvgIpc) is 2.81. The zero-order chi connectivity index (χ0) is 24.7. The van der Waals surface area contributed by atoms with Crippen molar-refractivity contribution in [1.82, 2.24) is 10.0 Å². The molecule has 1 amide bonds. The summed E-state index contributed by atoms with van der Waals surface area (Å²) in [6.45, 7) is 3.79. The van der Waals surface area contributed by atoms with Crippen molar-refractivity contribution in [3.05, 3.63) is 89.2 Å². The summed E-state index contributed by atoms with van der Waals surface area (Å²) in [6.07, 6.45) is 0. The van der Waals surface area contributed by atoms with Gasteiger partial charge in [0, 0.05) is 12.6 Å². The Morgan fingerprint density at radius 2 is 1.71 bits per heavy atom. The maximum Gasteiger partial charge on any atom is 0.254 e. The predicted octanol–water partition coefficient (Wildman–Crippen LogP) is 4.03. The van der Waals surface area contributed by atoms with E-state index in [4.69, 9.17) is 9.47 Å². The molecule has 2 N–H and O–H groups in total. The van der Waals surface area contributed by atoms with Gasteiger partial charge in [0.2, 0.25) is 10.0 Å². The summed E-state index contributed by atoms with van der Waals surface area (Å²) < 4.78 is 52.6. The normalized spacial score (nSPS) is 11.3. The molecule has 3 rings (SSSR count). The van der Waals surface area contributed by atoms with Gasteiger partial charge in [0.05, 0.1) is 17.6 Å². The van der Waals surface area contributed by atoms with Crippen LogP contribution in [0, 0.1) is 5.82 Å². The van der Waals surface area contributed by atoms with Crippen LogP contribution in [-0.2, 0) is 23.2 Å². The molecule has 34 heavy (non-hydrogen) atoms. The zero-order valence-electron chi connectivity index (χ0n) is 19.2. The van der Waals surface area contributed by atoms with Crippen LogP contribution in [0.3, 0.4) is 0 Å². The fourth-order valence-corrected chi connectivity index (χ4v) is 4.45. The van der Waals surface area contributed by atoms with Crippen LogP contribution in [0.5, 0.6) is 11.5 Å². The molecule has 0 unspecified atom stereocenters. The zero-order valence-corrected chi connectivity index (χ0v) is 20.0. The predicted molar refractivity (Wildman–Crippen MR) is 127 cm³/mol. The van der Waals surface area contributed by atoms with E-state index in [0.717, 1.165) is 23.8 Å². The third kappa shape index (κ3) is 6.55. The molecule has 0 saturated heterocycles. The van der Waals surface area contributed by atoms with Gasteiger partial charge in [-0.2, -0.15) is 0 Å². The van der Waals surface area contributed by atoms with Crippen molar-refractivity contribution in [3.63, 3.8) is 0 Å². The molecular weight excluding hydrogens is 459 g/mol. The smallest absolute Gasteiger partial charge is 0.254 e. The Balaban J connectivity index is 1.69. The van der Waals surface area contributed by atoms with Crippen LogP contribution in [0.15, 0.2) is 71.6 Å². The molecule has 0 heterocycles. The van der Waals surface area contributed by atoms with Gasteiger partial charge in [-0.25, -0.2) is 17.5 Å². The van der Waals surface area contributed by atoms with E-state index in [-0.39, 0.29) is 23.0 Å². The van der Waals surface area contributed by atoms with Gasteiger partial charge in [0.15, 0.2) is 11.5 Å². The quantitative estimate of drug-likeness (QED) is 0.451. The molecule has 180 valence electrons. The molecule has 0 aromatic heterocycles. The van der Waals surface area contributed by atoms with E-state index in [2.05, 4.69) is 10.0 Å². The van der Waals surface area contributed by atoms with Crippen molar-refractivity contribution in [2.75, 3.05) is 7.11 Å². The summed E-state index contributed by atoms with van der Waals surface area (Å²) in [5.41, 5.74) is 1.35. The number of carbonyl (C=O) groups excluding carboxylic acids is 1. The molecule has 0 spiro atoms. The fourth-order valence-electron chi connectivity index (χ4n) is 3.18. The summed E-state index contributed by atoms with van der Waals surface area (Å²) in [6, 6.07) is 17.7. The van der Waals surface area contributed by atoms with E-state index in [1.165, 1.54) is 7.11 Å². The van der Waals surface area contributed by atoms with Gasteiger partial charge in [-0.3, -0.25) is 4.79 Å². The first-order chi connectivity index (χ1) is 16.2. The van der Waals surface area contributed by atoms with Crippen molar-refractivity contribution < 1.29 is 27.1 Å². The molecular formula is C25H27FN2O5S. The highest BCUT2D eigenvalue weighted by molar-refractivity contribution is 7.89. The SMILES string of the molecule is COc1cc(CNC(=O)c2cc(S(=O)(=O)NC(C)C)ccc2F)ccc1OCc1ccccc1. The van der Waals surface area contributed by atoms with E-state index in [0.29, 0.717) is 23.7 Å². The average molecular weight is 487 g/mol. The monoisotopic (exact) mass is 486 g/mol. The Bertz CT molecular complexity index is 1250. The van der Waals surface area contributed by atoms with Gasteiger partial charge in [-0.1, -0.05) is 36.4 Å². The number of hydrogen-bond donors (Lipinski definition) is 2. The summed E-state index contributed by atoms with van der Waals surface area (Å²) >= 11 is 0. The first kappa shape index (κ1) is 25.2. The standard InChI is InChI=1S/C25H27FN2O5S/c1-17(2)28-34(30,31)20-10-11-22(26)21(14-20)25(29)27-15-19-9-12-23(24(13-19)32-3)33-16-18-7-5-4-6-8-18/h4-14,17,28H,15-16H2,1-3H3,(H,27,29). The van der Waals surface area contributed by atoms with Crippen LogP contribution in [0.1, 0.15) is 35.3 Å². The molecule has 3 aromatic rings. The van der Waals surface area contributed by atoms with Crippen LogP contribution >= 0.6 is 0 Å². The summed E-state index contributed by atoms with van der Waals surface area (Å²) in [5.74, 6) is -0.518. The number of methoxy groups -OCH3 is 1. The summed E-state index contributed by atoms with van der Waals surface area (Å²) in [7, 11) is -2.35. The molecule has 0 radical (unpaired) electrons. The number of amides is 1. The summed E-state index contributed by atoms with van der Waals surface area (Å²) in [4.78, 5) is 12.4. The molecule has 3 aromatic carbocycles. The van der Waals surface area contributed by atoms with Gasteiger partial charge >= 0.3 is 0 Å². The summed E-state index contributed by atoms with van der Waals surface area (Å²) in [5, 5.41) is 2.61. The van der Waals surface area contributed by atoms with Crippen molar-refractivity contribution in [3.8, 4) is 11.5 Å². The minimum Gasteiger partial charge on any atom is -0.493 e. The first-order valence-corrected chi connectivity index (χ1v) is 12.1. The highest BCUT2D eigenvalue weighted by Crippen LogP contribution is 2.29. The topological polar surface area (TPSA) is 93.7 Å². The van der Waals surface area contributed by atoms with Crippen molar-refractivity contribution in [2.24, 2.45) is 0 Å². The largest absolute Gasteiger partial charge is 0.493 e. The Hall–Kier alpha value is -3.43. The van der Waals surface area contributed by atoms with Crippen LogP contribution in [0.25, 0.3) is 0 Å².